The van der Waals surface area contributed by atoms with Crippen LogP contribution in [0, 0.1) is 5.82 Å². The molecule has 126 valence electrons. The van der Waals surface area contributed by atoms with Crippen LogP contribution in [0.5, 0.6) is 0 Å². The number of pyridine rings is 1. The van der Waals surface area contributed by atoms with Crippen LogP contribution in [0.2, 0.25) is 0 Å². The van der Waals surface area contributed by atoms with Crippen molar-refractivity contribution in [3.63, 3.8) is 0 Å². The van der Waals surface area contributed by atoms with Gasteiger partial charge in [-0.05, 0) is 42.8 Å². The number of carbonyl (C=O) groups excluding carboxylic acids is 2. The minimum absolute atomic E-state index is 0.133. The van der Waals surface area contributed by atoms with E-state index >= 15 is 0 Å². The number of nitrogens with zero attached hydrogens (tertiary/aromatic N) is 2. The molecule has 1 heterocycles. The molecule has 0 aliphatic carbocycles. The summed E-state index contributed by atoms with van der Waals surface area (Å²) in [6, 6.07) is 10.2. The lowest BCUT2D eigenvalue weighted by Crippen LogP contribution is -2.29. The van der Waals surface area contributed by atoms with Gasteiger partial charge < -0.3 is 10.2 Å². The number of hydrogen-bond acceptors (Lipinski definition) is 3. The maximum atomic E-state index is 12.9. The maximum absolute atomic E-state index is 12.9. The van der Waals surface area contributed by atoms with Gasteiger partial charge in [0.25, 0.3) is 11.8 Å². The van der Waals surface area contributed by atoms with Crippen LogP contribution in [0.4, 0.5) is 10.1 Å². The number of aromatic nitrogens is 1. The predicted molar refractivity (Wildman–Crippen MR) is 90.5 cm³/mol. The first kappa shape index (κ1) is 17.6. The van der Waals surface area contributed by atoms with Crippen molar-refractivity contribution in [3.8, 4) is 0 Å². The highest BCUT2D eigenvalue weighted by Gasteiger charge is 2.15. The topological polar surface area (TPSA) is 62.3 Å². The van der Waals surface area contributed by atoms with E-state index in [0.29, 0.717) is 12.2 Å². The van der Waals surface area contributed by atoms with E-state index < -0.39 is 5.91 Å². The zero-order valence-corrected chi connectivity index (χ0v) is 13.8. The Hall–Kier alpha value is -2.76. The number of unbranched alkanes of at least 4 members (excludes halogenated alkanes) is 1. The largest absolute Gasteiger partial charge is 0.340 e. The molecule has 0 unspecified atom stereocenters. The summed E-state index contributed by atoms with van der Waals surface area (Å²) in [7, 11) is 1.71. The molecule has 6 heteroatoms. The van der Waals surface area contributed by atoms with Crippen LogP contribution in [-0.2, 0) is 0 Å². The third kappa shape index (κ3) is 4.62. The number of rotatable bonds is 6. The third-order valence-corrected chi connectivity index (χ3v) is 3.50. The van der Waals surface area contributed by atoms with Crippen molar-refractivity contribution in [2.45, 2.75) is 19.8 Å². The van der Waals surface area contributed by atoms with Gasteiger partial charge in [0.2, 0.25) is 0 Å². The molecule has 0 saturated heterocycles. The Balaban J connectivity index is 2.10. The van der Waals surface area contributed by atoms with E-state index in [1.165, 1.54) is 30.3 Å². The van der Waals surface area contributed by atoms with Crippen LogP contribution in [0.3, 0.4) is 0 Å². The summed E-state index contributed by atoms with van der Waals surface area (Å²) in [6.07, 6.45) is 1.90. The van der Waals surface area contributed by atoms with Crippen molar-refractivity contribution in [1.29, 1.82) is 0 Å². The Kier molecular flexibility index (Phi) is 6.01. The summed E-state index contributed by atoms with van der Waals surface area (Å²) in [5.41, 5.74) is 0.814. The van der Waals surface area contributed by atoms with Crippen LogP contribution >= 0.6 is 0 Å². The van der Waals surface area contributed by atoms with Crippen LogP contribution in [-0.4, -0.2) is 35.3 Å². The molecule has 0 fully saturated rings. The van der Waals surface area contributed by atoms with Crippen molar-refractivity contribution < 1.29 is 14.0 Å². The number of carbonyl (C=O) groups is 2. The molecule has 5 nitrogen and oxygen atoms in total. The fraction of sp³-hybridized carbons (Fsp3) is 0.278. The molecular formula is C18H20FN3O2. The predicted octanol–water partition coefficient (Wildman–Crippen LogP) is 3.35. The van der Waals surface area contributed by atoms with Gasteiger partial charge in [-0.15, -0.1) is 0 Å². The Labute approximate surface area is 140 Å². The quantitative estimate of drug-likeness (QED) is 0.884. The van der Waals surface area contributed by atoms with E-state index in [0.717, 1.165) is 12.8 Å². The second kappa shape index (κ2) is 8.19. The van der Waals surface area contributed by atoms with Gasteiger partial charge in [0.1, 0.15) is 17.2 Å². The molecule has 0 radical (unpaired) electrons. The van der Waals surface area contributed by atoms with Crippen LogP contribution < -0.4 is 5.32 Å². The summed E-state index contributed by atoms with van der Waals surface area (Å²) < 4.78 is 12.9. The first-order valence-corrected chi connectivity index (χ1v) is 7.80. The lowest BCUT2D eigenvalue weighted by molar-refractivity contribution is 0.0787. The minimum atomic E-state index is -0.451. The number of anilines is 1. The molecular weight excluding hydrogens is 309 g/mol. The van der Waals surface area contributed by atoms with Crippen LogP contribution in [0.1, 0.15) is 40.7 Å². The van der Waals surface area contributed by atoms with E-state index in [1.54, 1.807) is 24.1 Å². The van der Waals surface area contributed by atoms with Gasteiger partial charge in [0.15, 0.2) is 0 Å². The second-order valence-corrected chi connectivity index (χ2v) is 5.45. The fourth-order valence-electron chi connectivity index (χ4n) is 2.10. The molecule has 24 heavy (non-hydrogen) atoms. The zero-order chi connectivity index (χ0) is 17.5. The van der Waals surface area contributed by atoms with Gasteiger partial charge in [0, 0.05) is 19.3 Å². The monoisotopic (exact) mass is 329 g/mol. The first-order chi connectivity index (χ1) is 11.5. The van der Waals surface area contributed by atoms with Crippen molar-refractivity contribution in [1.82, 2.24) is 9.88 Å². The molecule has 0 spiro atoms. The molecule has 0 bridgehead atoms. The van der Waals surface area contributed by atoms with Crippen molar-refractivity contribution in [2.24, 2.45) is 0 Å². The van der Waals surface area contributed by atoms with Gasteiger partial charge in [0.05, 0.1) is 0 Å². The molecule has 2 aromatic rings. The normalized spacial score (nSPS) is 10.3. The summed E-state index contributed by atoms with van der Waals surface area (Å²) in [5, 5.41) is 2.62. The Morgan fingerprint density at radius 1 is 1.12 bits per heavy atom. The van der Waals surface area contributed by atoms with Crippen LogP contribution in [0.15, 0.2) is 42.5 Å². The maximum Gasteiger partial charge on any atom is 0.274 e. The average Bonchev–Trinajstić information content (AvgIpc) is 2.61. The van der Waals surface area contributed by atoms with E-state index in [4.69, 9.17) is 0 Å². The van der Waals surface area contributed by atoms with E-state index in [9.17, 15) is 14.0 Å². The number of halogens is 1. The average molecular weight is 329 g/mol. The molecule has 2 rings (SSSR count). The molecule has 0 aliphatic rings. The van der Waals surface area contributed by atoms with E-state index in [2.05, 4.69) is 17.2 Å². The van der Waals surface area contributed by atoms with Crippen molar-refractivity contribution >= 4 is 17.5 Å². The number of benzene rings is 1. The van der Waals surface area contributed by atoms with E-state index in [-0.39, 0.29) is 23.1 Å². The standard InChI is InChI=1S/C18H20FN3O2/c1-3-4-12-22(2)18(24)16-7-5-6-15(21-16)17(23)20-14-10-8-13(19)9-11-14/h5-11H,3-4,12H2,1-2H3,(H,20,23). The zero-order valence-electron chi connectivity index (χ0n) is 13.8. The third-order valence-electron chi connectivity index (χ3n) is 3.50. The van der Waals surface area contributed by atoms with Crippen LogP contribution in [0.25, 0.3) is 0 Å². The molecule has 0 saturated carbocycles. The van der Waals surface area contributed by atoms with Gasteiger partial charge in [-0.25, -0.2) is 9.37 Å². The Bertz CT molecular complexity index is 716. The second-order valence-electron chi connectivity index (χ2n) is 5.45. The lowest BCUT2D eigenvalue weighted by atomic mass is 10.2. The SMILES string of the molecule is CCCCN(C)C(=O)c1cccc(C(=O)Nc2ccc(F)cc2)n1. The molecule has 1 aromatic carbocycles. The summed E-state index contributed by atoms with van der Waals surface area (Å²) in [5.74, 6) is -1.05. The molecule has 0 atom stereocenters. The summed E-state index contributed by atoms with van der Waals surface area (Å²) in [4.78, 5) is 30.3. The number of nitrogens with one attached hydrogen (secondary N) is 1. The van der Waals surface area contributed by atoms with Gasteiger partial charge in [-0.3, -0.25) is 9.59 Å². The first-order valence-electron chi connectivity index (χ1n) is 7.80. The number of amides is 2. The highest BCUT2D eigenvalue weighted by Crippen LogP contribution is 2.11. The highest BCUT2D eigenvalue weighted by atomic mass is 19.1. The summed E-state index contributed by atoms with van der Waals surface area (Å²) in [6.45, 7) is 2.69. The molecule has 0 aliphatic heterocycles. The van der Waals surface area contributed by atoms with Crippen molar-refractivity contribution in [2.75, 3.05) is 18.9 Å². The fourth-order valence-corrected chi connectivity index (χ4v) is 2.10. The highest BCUT2D eigenvalue weighted by molar-refractivity contribution is 6.03. The Morgan fingerprint density at radius 3 is 2.46 bits per heavy atom. The van der Waals surface area contributed by atoms with Crippen molar-refractivity contribution in [3.05, 3.63) is 59.7 Å². The number of hydrogen-bond donors (Lipinski definition) is 1. The molecule has 1 aromatic heterocycles. The Morgan fingerprint density at radius 2 is 1.79 bits per heavy atom. The summed E-state index contributed by atoms with van der Waals surface area (Å²) >= 11 is 0. The molecule has 2 amide bonds. The van der Waals surface area contributed by atoms with Gasteiger partial charge >= 0.3 is 0 Å². The smallest absolute Gasteiger partial charge is 0.274 e. The minimum Gasteiger partial charge on any atom is -0.340 e. The van der Waals surface area contributed by atoms with E-state index in [1.807, 2.05) is 0 Å². The van der Waals surface area contributed by atoms with Gasteiger partial charge in [-0.1, -0.05) is 19.4 Å². The molecule has 1 N–H and O–H groups in total. The van der Waals surface area contributed by atoms with Gasteiger partial charge in [-0.2, -0.15) is 0 Å². The lowest BCUT2D eigenvalue weighted by Gasteiger charge is -2.16.